The molecule has 0 saturated carbocycles. The molecule has 1 aliphatic heterocycles. The molecule has 3 rings (SSSR count). The fourth-order valence-corrected chi connectivity index (χ4v) is 3.63. The third-order valence-corrected chi connectivity index (χ3v) is 4.86. The molecule has 1 aromatic carbocycles. The van der Waals surface area contributed by atoms with Crippen LogP contribution in [0.3, 0.4) is 0 Å². The average molecular weight is 332 g/mol. The fourth-order valence-electron chi connectivity index (χ4n) is 2.64. The van der Waals surface area contributed by atoms with Crippen LogP contribution in [0.15, 0.2) is 28.8 Å². The van der Waals surface area contributed by atoms with Gasteiger partial charge in [-0.15, -0.1) is 11.8 Å². The summed E-state index contributed by atoms with van der Waals surface area (Å²) in [7, 11) is 0. The number of amides is 1. The summed E-state index contributed by atoms with van der Waals surface area (Å²) in [5.74, 6) is 2.94. The van der Waals surface area contributed by atoms with Gasteiger partial charge < -0.3 is 14.6 Å². The number of carbonyl (C=O) groups is 1. The molecule has 0 aliphatic carbocycles. The van der Waals surface area contributed by atoms with Gasteiger partial charge in [0.1, 0.15) is 18.1 Å². The van der Waals surface area contributed by atoms with E-state index in [9.17, 15) is 4.79 Å². The molecule has 1 amide bonds. The number of nitrogens with one attached hydrogen (secondary N) is 1. The molecule has 0 unspecified atom stereocenters. The summed E-state index contributed by atoms with van der Waals surface area (Å²) in [4.78, 5) is 12.1. The zero-order chi connectivity index (χ0) is 16.2. The van der Waals surface area contributed by atoms with Crippen molar-refractivity contribution >= 4 is 17.7 Å². The van der Waals surface area contributed by atoms with Crippen molar-refractivity contribution < 1.29 is 14.1 Å². The summed E-state index contributed by atoms with van der Waals surface area (Å²) in [6, 6.07) is 8.00. The number of carbonyl (C=O) groups excluding carboxylic acids is 1. The molecular formula is C17H20N2O3S. The number of para-hydroxylation sites is 1. The van der Waals surface area contributed by atoms with E-state index < -0.39 is 0 Å². The molecule has 1 aliphatic rings. The van der Waals surface area contributed by atoms with Crippen molar-refractivity contribution in [2.24, 2.45) is 0 Å². The van der Waals surface area contributed by atoms with Crippen LogP contribution in [0.2, 0.25) is 0 Å². The number of benzene rings is 1. The first-order chi connectivity index (χ1) is 11.1. The van der Waals surface area contributed by atoms with Gasteiger partial charge in [0.2, 0.25) is 5.91 Å². The lowest BCUT2D eigenvalue weighted by Gasteiger charge is -2.26. The summed E-state index contributed by atoms with van der Waals surface area (Å²) in [5, 5.41) is 6.97. The van der Waals surface area contributed by atoms with Gasteiger partial charge in [-0.25, -0.2) is 0 Å². The topological polar surface area (TPSA) is 64.4 Å². The van der Waals surface area contributed by atoms with Crippen molar-refractivity contribution in [1.29, 1.82) is 0 Å². The number of aromatic nitrogens is 1. The molecule has 1 aromatic heterocycles. The normalized spacial score (nSPS) is 16.5. The maximum Gasteiger partial charge on any atom is 0.230 e. The van der Waals surface area contributed by atoms with Crippen molar-refractivity contribution in [3.05, 3.63) is 46.8 Å². The van der Waals surface area contributed by atoms with E-state index in [4.69, 9.17) is 9.26 Å². The lowest BCUT2D eigenvalue weighted by atomic mass is 10.0. The molecule has 122 valence electrons. The number of thioether (sulfide) groups is 1. The number of aryl methyl sites for hydroxylation is 2. The van der Waals surface area contributed by atoms with E-state index in [0.717, 1.165) is 40.5 Å². The Morgan fingerprint density at radius 1 is 1.39 bits per heavy atom. The lowest BCUT2D eigenvalue weighted by Crippen LogP contribution is -2.43. The van der Waals surface area contributed by atoms with Crippen molar-refractivity contribution in [1.82, 2.24) is 10.5 Å². The quantitative estimate of drug-likeness (QED) is 0.912. The zero-order valence-corrected chi connectivity index (χ0v) is 14.1. The number of hydrogen-bond donors (Lipinski definition) is 1. The van der Waals surface area contributed by atoms with Crippen LogP contribution in [0.25, 0.3) is 0 Å². The second-order valence-electron chi connectivity index (χ2n) is 5.68. The number of rotatable bonds is 5. The first-order valence-corrected chi connectivity index (χ1v) is 8.78. The minimum Gasteiger partial charge on any atom is -0.491 e. The molecule has 0 radical (unpaired) electrons. The number of nitrogens with zero attached hydrogens (tertiary/aromatic N) is 1. The molecule has 2 aromatic rings. The largest absolute Gasteiger partial charge is 0.491 e. The standard InChI is InChI=1S/C17H20N2O3S/c1-11-15(12(2)22-19-11)9-23-10-17(20)18-14-7-13-5-3-4-6-16(13)21-8-14/h3-6,14H,7-10H2,1-2H3,(H,18,20)/t14-/m0/s1. The zero-order valence-electron chi connectivity index (χ0n) is 13.3. The van der Waals surface area contributed by atoms with Gasteiger partial charge in [-0.3, -0.25) is 4.79 Å². The second kappa shape index (κ2) is 7.08. The van der Waals surface area contributed by atoms with Crippen LogP contribution in [0.5, 0.6) is 5.75 Å². The van der Waals surface area contributed by atoms with Crippen LogP contribution in [0, 0.1) is 13.8 Å². The van der Waals surface area contributed by atoms with Gasteiger partial charge in [0.05, 0.1) is 17.5 Å². The van der Waals surface area contributed by atoms with E-state index in [0.29, 0.717) is 12.4 Å². The third-order valence-electron chi connectivity index (χ3n) is 3.90. The number of hydrogen-bond acceptors (Lipinski definition) is 5. The highest BCUT2D eigenvalue weighted by atomic mass is 32.2. The molecule has 0 fully saturated rings. The maximum absolute atomic E-state index is 12.1. The van der Waals surface area contributed by atoms with E-state index in [2.05, 4.69) is 10.5 Å². The van der Waals surface area contributed by atoms with Gasteiger partial charge in [0.25, 0.3) is 0 Å². The minimum atomic E-state index is 0.0368. The van der Waals surface area contributed by atoms with E-state index in [1.54, 1.807) is 11.8 Å². The predicted octanol–water partition coefficient (Wildman–Crippen LogP) is 2.64. The molecule has 5 nitrogen and oxygen atoms in total. The SMILES string of the molecule is Cc1noc(C)c1CSCC(=O)N[C@@H]1COc2ccccc2C1. The molecule has 0 bridgehead atoms. The molecule has 0 spiro atoms. The Bertz CT molecular complexity index is 679. The van der Waals surface area contributed by atoms with Crippen molar-refractivity contribution in [3.63, 3.8) is 0 Å². The van der Waals surface area contributed by atoms with Crippen LogP contribution >= 0.6 is 11.8 Å². The van der Waals surface area contributed by atoms with E-state index >= 15 is 0 Å². The van der Waals surface area contributed by atoms with Crippen molar-refractivity contribution in [2.45, 2.75) is 32.1 Å². The highest BCUT2D eigenvalue weighted by molar-refractivity contribution is 7.99. The maximum atomic E-state index is 12.1. The average Bonchev–Trinajstić information content (AvgIpc) is 2.86. The van der Waals surface area contributed by atoms with Crippen LogP contribution < -0.4 is 10.1 Å². The monoisotopic (exact) mass is 332 g/mol. The van der Waals surface area contributed by atoms with Crippen LogP contribution in [0.4, 0.5) is 0 Å². The summed E-state index contributed by atoms with van der Waals surface area (Å²) in [6.45, 7) is 4.34. The molecule has 1 atom stereocenters. The molecule has 2 heterocycles. The lowest BCUT2D eigenvalue weighted by molar-refractivity contribution is -0.119. The molecule has 23 heavy (non-hydrogen) atoms. The number of fused-ring (bicyclic) bond motifs is 1. The van der Waals surface area contributed by atoms with E-state index in [-0.39, 0.29) is 11.9 Å². The van der Waals surface area contributed by atoms with Gasteiger partial charge in [0.15, 0.2) is 0 Å². The van der Waals surface area contributed by atoms with Gasteiger partial charge in [-0.1, -0.05) is 23.4 Å². The summed E-state index contributed by atoms with van der Waals surface area (Å²) < 4.78 is 10.8. The molecule has 1 N–H and O–H groups in total. The van der Waals surface area contributed by atoms with Gasteiger partial charge in [0, 0.05) is 11.3 Å². The van der Waals surface area contributed by atoms with Crippen LogP contribution in [0.1, 0.15) is 22.6 Å². The fraction of sp³-hybridized carbons (Fsp3) is 0.412. The van der Waals surface area contributed by atoms with Crippen LogP contribution in [-0.2, 0) is 17.0 Å². The minimum absolute atomic E-state index is 0.0368. The predicted molar refractivity (Wildman–Crippen MR) is 89.7 cm³/mol. The van der Waals surface area contributed by atoms with Crippen molar-refractivity contribution in [2.75, 3.05) is 12.4 Å². The highest BCUT2D eigenvalue weighted by Crippen LogP contribution is 2.24. The molecular weight excluding hydrogens is 312 g/mol. The Balaban J connectivity index is 1.45. The van der Waals surface area contributed by atoms with Gasteiger partial charge in [-0.2, -0.15) is 0 Å². The number of ether oxygens (including phenoxy) is 1. The van der Waals surface area contributed by atoms with Crippen molar-refractivity contribution in [3.8, 4) is 5.75 Å². The summed E-state index contributed by atoms with van der Waals surface area (Å²) in [6.07, 6.45) is 0.816. The molecule has 0 saturated heterocycles. The smallest absolute Gasteiger partial charge is 0.230 e. The Morgan fingerprint density at radius 3 is 3.00 bits per heavy atom. The highest BCUT2D eigenvalue weighted by Gasteiger charge is 2.21. The Kier molecular flexibility index (Phi) is 4.91. The first kappa shape index (κ1) is 15.9. The summed E-state index contributed by atoms with van der Waals surface area (Å²) >= 11 is 1.57. The molecule has 6 heteroatoms. The van der Waals surface area contributed by atoms with E-state index in [1.165, 1.54) is 0 Å². The van der Waals surface area contributed by atoms with Gasteiger partial charge >= 0.3 is 0 Å². The Labute approximate surface area is 139 Å². The Morgan fingerprint density at radius 2 is 2.22 bits per heavy atom. The summed E-state index contributed by atoms with van der Waals surface area (Å²) in [5.41, 5.74) is 3.12. The first-order valence-electron chi connectivity index (χ1n) is 7.63. The van der Waals surface area contributed by atoms with E-state index in [1.807, 2.05) is 38.1 Å². The third kappa shape index (κ3) is 3.88. The van der Waals surface area contributed by atoms with Crippen LogP contribution in [-0.4, -0.2) is 29.5 Å². The second-order valence-corrected chi connectivity index (χ2v) is 6.67. The Hall–Kier alpha value is -1.95. The van der Waals surface area contributed by atoms with Gasteiger partial charge in [-0.05, 0) is 31.9 Å².